The quantitative estimate of drug-likeness (QED) is 0.820. The summed E-state index contributed by atoms with van der Waals surface area (Å²) in [6.07, 6.45) is 2.71. The number of hydrogen-bond acceptors (Lipinski definition) is 3. The van der Waals surface area contributed by atoms with Crippen molar-refractivity contribution in [1.29, 1.82) is 0 Å². The first-order chi connectivity index (χ1) is 8.49. The van der Waals surface area contributed by atoms with Gasteiger partial charge in [-0.3, -0.25) is 4.72 Å². The van der Waals surface area contributed by atoms with E-state index < -0.39 is 16.0 Å². The Labute approximate surface area is 106 Å². The summed E-state index contributed by atoms with van der Waals surface area (Å²) in [4.78, 5) is 0. The lowest BCUT2D eigenvalue weighted by Gasteiger charge is -2.26. The predicted octanol–water partition coefficient (Wildman–Crippen LogP) is 1.55. The molecule has 0 bridgehead atoms. The molecule has 0 radical (unpaired) electrons. The second-order valence-electron chi connectivity index (χ2n) is 4.31. The van der Waals surface area contributed by atoms with Crippen molar-refractivity contribution in [3.8, 4) is 0 Å². The van der Waals surface area contributed by atoms with Gasteiger partial charge in [0.05, 0.1) is 5.69 Å². The van der Waals surface area contributed by atoms with Crippen molar-refractivity contribution < 1.29 is 12.8 Å². The van der Waals surface area contributed by atoms with Crippen LogP contribution in [0.3, 0.4) is 0 Å². The van der Waals surface area contributed by atoms with Crippen molar-refractivity contribution in [3.63, 3.8) is 0 Å². The van der Waals surface area contributed by atoms with Crippen LogP contribution in [-0.4, -0.2) is 25.8 Å². The lowest BCUT2D eigenvalue weighted by molar-refractivity contribution is 0.349. The Hall–Kier alpha value is -1.34. The number of piperidine rings is 1. The number of nitrogens with two attached hydrogens (primary N) is 1. The van der Waals surface area contributed by atoms with Crippen LogP contribution in [0.5, 0.6) is 0 Å². The van der Waals surface area contributed by atoms with Gasteiger partial charge in [-0.2, -0.15) is 12.7 Å². The van der Waals surface area contributed by atoms with Crippen LogP contribution in [0, 0.1) is 5.82 Å². The summed E-state index contributed by atoms with van der Waals surface area (Å²) in [5.41, 5.74) is 5.59. The van der Waals surface area contributed by atoms with E-state index in [1.807, 2.05) is 0 Å². The van der Waals surface area contributed by atoms with E-state index in [2.05, 4.69) is 4.72 Å². The van der Waals surface area contributed by atoms with Crippen LogP contribution in [0.25, 0.3) is 0 Å². The van der Waals surface area contributed by atoms with Crippen LogP contribution < -0.4 is 10.5 Å². The molecule has 1 aliphatic heterocycles. The molecular formula is C11H16FN3O2S. The molecule has 3 N–H and O–H groups in total. The van der Waals surface area contributed by atoms with Crippen molar-refractivity contribution in [3.05, 3.63) is 24.0 Å². The number of nitrogens with one attached hydrogen (secondary N) is 1. The van der Waals surface area contributed by atoms with E-state index in [0.717, 1.165) is 25.3 Å². The molecule has 0 atom stereocenters. The number of benzene rings is 1. The Morgan fingerprint density at radius 2 is 1.89 bits per heavy atom. The molecule has 1 aromatic rings. The number of nitrogen functional groups attached to an aromatic ring is 1. The largest absolute Gasteiger partial charge is 0.399 e. The number of anilines is 2. The normalized spacial score (nSPS) is 17.6. The highest BCUT2D eigenvalue weighted by Crippen LogP contribution is 2.20. The van der Waals surface area contributed by atoms with Gasteiger partial charge >= 0.3 is 10.2 Å². The van der Waals surface area contributed by atoms with Gasteiger partial charge in [-0.1, -0.05) is 6.42 Å². The van der Waals surface area contributed by atoms with E-state index in [1.165, 1.54) is 16.4 Å². The fraction of sp³-hybridized carbons (Fsp3) is 0.455. The molecule has 0 saturated carbocycles. The van der Waals surface area contributed by atoms with Crippen molar-refractivity contribution in [2.24, 2.45) is 0 Å². The van der Waals surface area contributed by atoms with Crippen LogP contribution in [-0.2, 0) is 10.2 Å². The summed E-state index contributed by atoms with van der Waals surface area (Å²) in [5, 5.41) is 0. The Balaban J connectivity index is 2.16. The zero-order valence-electron chi connectivity index (χ0n) is 9.89. The summed E-state index contributed by atoms with van der Waals surface area (Å²) in [6, 6.07) is 3.87. The number of rotatable bonds is 3. The van der Waals surface area contributed by atoms with Gasteiger partial charge in [-0.25, -0.2) is 4.39 Å². The zero-order chi connectivity index (χ0) is 13.2. The van der Waals surface area contributed by atoms with Crippen LogP contribution in [0.1, 0.15) is 19.3 Å². The van der Waals surface area contributed by atoms with E-state index in [9.17, 15) is 12.8 Å². The molecule has 0 spiro atoms. The molecule has 5 nitrogen and oxygen atoms in total. The minimum absolute atomic E-state index is 0.0743. The van der Waals surface area contributed by atoms with E-state index in [-0.39, 0.29) is 11.4 Å². The van der Waals surface area contributed by atoms with Gasteiger partial charge in [0.1, 0.15) is 5.82 Å². The lowest BCUT2D eigenvalue weighted by atomic mass is 10.2. The van der Waals surface area contributed by atoms with Gasteiger partial charge in [-0.05, 0) is 31.0 Å². The van der Waals surface area contributed by atoms with E-state index in [1.54, 1.807) is 0 Å². The van der Waals surface area contributed by atoms with E-state index in [0.29, 0.717) is 13.1 Å². The second-order valence-corrected chi connectivity index (χ2v) is 5.98. The van der Waals surface area contributed by atoms with Crippen molar-refractivity contribution in [1.82, 2.24) is 4.31 Å². The van der Waals surface area contributed by atoms with Gasteiger partial charge in [0.2, 0.25) is 0 Å². The molecule has 0 aromatic heterocycles. The molecule has 1 fully saturated rings. The fourth-order valence-electron chi connectivity index (χ4n) is 1.92. The number of halogens is 1. The molecule has 1 heterocycles. The second kappa shape index (κ2) is 5.11. The SMILES string of the molecule is Nc1ccc(NS(=O)(=O)N2CCCCC2)c(F)c1. The van der Waals surface area contributed by atoms with Crippen LogP contribution in [0.2, 0.25) is 0 Å². The van der Waals surface area contributed by atoms with Crippen molar-refractivity contribution in [2.45, 2.75) is 19.3 Å². The van der Waals surface area contributed by atoms with Gasteiger partial charge in [0, 0.05) is 18.8 Å². The topological polar surface area (TPSA) is 75.4 Å². The Kier molecular flexibility index (Phi) is 3.72. The maximum atomic E-state index is 13.5. The highest BCUT2D eigenvalue weighted by atomic mass is 32.2. The maximum absolute atomic E-state index is 13.5. The monoisotopic (exact) mass is 273 g/mol. The summed E-state index contributed by atoms with van der Waals surface area (Å²) >= 11 is 0. The van der Waals surface area contributed by atoms with Crippen LogP contribution >= 0.6 is 0 Å². The number of nitrogens with zero attached hydrogens (tertiary/aromatic N) is 1. The third-order valence-electron chi connectivity index (χ3n) is 2.89. The van der Waals surface area contributed by atoms with Crippen LogP contribution in [0.15, 0.2) is 18.2 Å². The molecule has 7 heteroatoms. The molecule has 0 aliphatic carbocycles. The first-order valence-electron chi connectivity index (χ1n) is 5.82. The smallest absolute Gasteiger partial charge is 0.301 e. The summed E-state index contributed by atoms with van der Waals surface area (Å²) in [5.74, 6) is -0.671. The Morgan fingerprint density at radius 3 is 2.50 bits per heavy atom. The molecule has 1 saturated heterocycles. The molecule has 100 valence electrons. The maximum Gasteiger partial charge on any atom is 0.301 e. The molecule has 18 heavy (non-hydrogen) atoms. The minimum Gasteiger partial charge on any atom is -0.399 e. The fourth-order valence-corrected chi connectivity index (χ4v) is 3.23. The van der Waals surface area contributed by atoms with Crippen LogP contribution in [0.4, 0.5) is 15.8 Å². The number of hydrogen-bond donors (Lipinski definition) is 2. The summed E-state index contributed by atoms with van der Waals surface area (Å²) in [7, 11) is -3.67. The van der Waals surface area contributed by atoms with Gasteiger partial charge in [0.15, 0.2) is 0 Å². The predicted molar refractivity (Wildman–Crippen MR) is 68.8 cm³/mol. The molecular weight excluding hydrogens is 257 g/mol. The third-order valence-corrected chi connectivity index (χ3v) is 4.41. The van der Waals surface area contributed by atoms with Crippen molar-refractivity contribution in [2.75, 3.05) is 23.5 Å². The Morgan fingerprint density at radius 1 is 1.22 bits per heavy atom. The first kappa shape index (κ1) is 13.1. The lowest BCUT2D eigenvalue weighted by Crippen LogP contribution is -2.39. The van der Waals surface area contributed by atoms with Crippen molar-refractivity contribution >= 4 is 21.6 Å². The first-order valence-corrected chi connectivity index (χ1v) is 7.26. The standard InChI is InChI=1S/C11H16FN3O2S/c12-10-8-9(13)4-5-11(10)14-18(16,17)15-6-2-1-3-7-15/h4-5,8,14H,1-3,6-7,13H2. The molecule has 1 aromatic carbocycles. The molecule has 0 unspecified atom stereocenters. The third kappa shape index (κ3) is 2.91. The summed E-state index contributed by atoms with van der Waals surface area (Å²) < 4.78 is 41.1. The molecule has 2 rings (SSSR count). The van der Waals surface area contributed by atoms with Gasteiger partial charge < -0.3 is 5.73 Å². The molecule has 0 amide bonds. The molecule has 1 aliphatic rings. The van der Waals surface area contributed by atoms with Gasteiger partial charge in [-0.15, -0.1) is 0 Å². The zero-order valence-corrected chi connectivity index (χ0v) is 10.7. The average molecular weight is 273 g/mol. The Bertz CT molecular complexity index is 527. The highest BCUT2D eigenvalue weighted by Gasteiger charge is 2.24. The highest BCUT2D eigenvalue weighted by molar-refractivity contribution is 7.90. The average Bonchev–Trinajstić information content (AvgIpc) is 2.34. The van der Waals surface area contributed by atoms with E-state index >= 15 is 0 Å². The summed E-state index contributed by atoms with van der Waals surface area (Å²) in [6.45, 7) is 0.956. The van der Waals surface area contributed by atoms with Gasteiger partial charge in [0.25, 0.3) is 0 Å². The van der Waals surface area contributed by atoms with E-state index in [4.69, 9.17) is 5.73 Å². The minimum atomic E-state index is -3.67.